The van der Waals surface area contributed by atoms with Crippen LogP contribution in [-0.2, 0) is 13.0 Å². The molecule has 2 rings (SSSR count). The number of benzene rings is 1. The Morgan fingerprint density at radius 3 is 2.58 bits per heavy atom. The third-order valence-corrected chi connectivity index (χ3v) is 2.88. The van der Waals surface area contributed by atoms with Gasteiger partial charge in [-0.2, -0.15) is 0 Å². The first-order chi connectivity index (χ1) is 9.22. The molecule has 0 bridgehead atoms. The summed E-state index contributed by atoms with van der Waals surface area (Å²) in [6.07, 6.45) is 0.779. The summed E-state index contributed by atoms with van der Waals surface area (Å²) in [5, 5.41) is 0. The van der Waals surface area contributed by atoms with Crippen LogP contribution in [0.1, 0.15) is 18.3 Å². The number of hydrazine groups is 1. The lowest BCUT2D eigenvalue weighted by Gasteiger charge is -2.19. The summed E-state index contributed by atoms with van der Waals surface area (Å²) in [5.41, 5.74) is 3.82. The molecular formula is C14H19N5. The summed E-state index contributed by atoms with van der Waals surface area (Å²) in [5.74, 6) is 7.72. The van der Waals surface area contributed by atoms with E-state index in [0.29, 0.717) is 5.82 Å². The monoisotopic (exact) mass is 257 g/mol. The van der Waals surface area contributed by atoms with E-state index < -0.39 is 0 Å². The molecule has 1 heterocycles. The standard InChI is InChI=1S/C14H19N5/c1-3-12-16-13(18-15)9-14(17-12)19(2)10-11-7-5-4-6-8-11/h4-9H,3,10,15H2,1-2H3,(H,16,17,18). The van der Waals surface area contributed by atoms with E-state index in [9.17, 15) is 0 Å². The van der Waals surface area contributed by atoms with Crippen LogP contribution in [0.25, 0.3) is 0 Å². The number of aromatic nitrogens is 2. The Hall–Kier alpha value is -2.14. The van der Waals surface area contributed by atoms with Crippen molar-refractivity contribution in [2.45, 2.75) is 19.9 Å². The van der Waals surface area contributed by atoms with Crippen molar-refractivity contribution in [1.82, 2.24) is 9.97 Å². The maximum absolute atomic E-state index is 5.44. The van der Waals surface area contributed by atoms with E-state index in [1.54, 1.807) is 0 Å². The molecule has 0 atom stereocenters. The zero-order chi connectivity index (χ0) is 13.7. The van der Waals surface area contributed by atoms with Crippen LogP contribution in [-0.4, -0.2) is 17.0 Å². The second kappa shape index (κ2) is 6.15. The van der Waals surface area contributed by atoms with Crippen LogP contribution < -0.4 is 16.2 Å². The molecule has 0 unspecified atom stereocenters. The maximum Gasteiger partial charge on any atom is 0.145 e. The smallest absolute Gasteiger partial charge is 0.145 e. The minimum atomic E-state index is 0.641. The van der Waals surface area contributed by atoms with E-state index >= 15 is 0 Å². The minimum absolute atomic E-state index is 0.641. The zero-order valence-electron chi connectivity index (χ0n) is 11.3. The Morgan fingerprint density at radius 1 is 1.21 bits per heavy atom. The Labute approximate surface area is 113 Å². The van der Waals surface area contributed by atoms with Crippen molar-refractivity contribution >= 4 is 11.6 Å². The predicted molar refractivity (Wildman–Crippen MR) is 77.8 cm³/mol. The molecule has 19 heavy (non-hydrogen) atoms. The van der Waals surface area contributed by atoms with Gasteiger partial charge in [-0.3, -0.25) is 0 Å². The summed E-state index contributed by atoms with van der Waals surface area (Å²) < 4.78 is 0. The number of nitrogen functional groups attached to an aromatic ring is 1. The zero-order valence-corrected chi connectivity index (χ0v) is 11.3. The molecule has 0 saturated heterocycles. The molecule has 0 saturated carbocycles. The van der Waals surface area contributed by atoms with E-state index in [1.165, 1.54) is 5.56 Å². The van der Waals surface area contributed by atoms with Gasteiger partial charge < -0.3 is 10.3 Å². The highest BCUT2D eigenvalue weighted by atomic mass is 15.3. The summed E-state index contributed by atoms with van der Waals surface area (Å²) in [6, 6.07) is 12.1. The third-order valence-electron chi connectivity index (χ3n) is 2.88. The van der Waals surface area contributed by atoms with Gasteiger partial charge in [0.2, 0.25) is 0 Å². The molecular weight excluding hydrogens is 238 g/mol. The van der Waals surface area contributed by atoms with Crippen LogP contribution in [0.5, 0.6) is 0 Å². The molecule has 3 N–H and O–H groups in total. The van der Waals surface area contributed by atoms with E-state index in [4.69, 9.17) is 5.84 Å². The molecule has 1 aromatic heterocycles. The molecule has 0 aliphatic heterocycles. The van der Waals surface area contributed by atoms with Crippen LogP contribution in [0.4, 0.5) is 11.6 Å². The van der Waals surface area contributed by atoms with Gasteiger partial charge in [0.15, 0.2) is 0 Å². The summed E-state index contributed by atoms with van der Waals surface area (Å²) in [7, 11) is 2.01. The second-order valence-corrected chi connectivity index (χ2v) is 4.37. The lowest BCUT2D eigenvalue weighted by atomic mass is 10.2. The lowest BCUT2D eigenvalue weighted by molar-refractivity contribution is 0.859. The highest BCUT2D eigenvalue weighted by molar-refractivity contribution is 5.48. The molecule has 0 aliphatic carbocycles. The molecule has 0 fully saturated rings. The molecule has 100 valence electrons. The average Bonchev–Trinajstić information content (AvgIpc) is 2.47. The molecule has 0 aliphatic rings. The van der Waals surface area contributed by atoms with E-state index in [-0.39, 0.29) is 0 Å². The van der Waals surface area contributed by atoms with E-state index in [1.807, 2.05) is 38.2 Å². The number of rotatable bonds is 5. The van der Waals surface area contributed by atoms with Crippen molar-refractivity contribution in [2.24, 2.45) is 5.84 Å². The number of anilines is 2. The Bertz CT molecular complexity index is 504. The Morgan fingerprint density at radius 2 is 1.95 bits per heavy atom. The quantitative estimate of drug-likeness (QED) is 0.633. The van der Waals surface area contributed by atoms with Gasteiger partial charge in [0.1, 0.15) is 17.5 Å². The topological polar surface area (TPSA) is 67.1 Å². The summed E-state index contributed by atoms with van der Waals surface area (Å²) >= 11 is 0. The maximum atomic E-state index is 5.44. The molecule has 0 spiro atoms. The number of nitrogens with zero attached hydrogens (tertiary/aromatic N) is 3. The van der Waals surface area contributed by atoms with Crippen molar-refractivity contribution in [1.29, 1.82) is 0 Å². The highest BCUT2D eigenvalue weighted by Crippen LogP contribution is 2.16. The van der Waals surface area contributed by atoms with Crippen LogP contribution in [0.15, 0.2) is 36.4 Å². The molecule has 0 radical (unpaired) electrons. The van der Waals surface area contributed by atoms with Crippen molar-refractivity contribution in [3.63, 3.8) is 0 Å². The molecule has 0 amide bonds. The van der Waals surface area contributed by atoms with Gasteiger partial charge in [0.25, 0.3) is 0 Å². The van der Waals surface area contributed by atoms with Gasteiger partial charge in [-0.25, -0.2) is 15.8 Å². The first-order valence-corrected chi connectivity index (χ1v) is 6.32. The number of aryl methyl sites for hydroxylation is 1. The van der Waals surface area contributed by atoms with Crippen molar-refractivity contribution in [3.05, 3.63) is 47.8 Å². The van der Waals surface area contributed by atoms with Gasteiger partial charge in [-0.1, -0.05) is 37.3 Å². The van der Waals surface area contributed by atoms with E-state index in [2.05, 4.69) is 32.4 Å². The van der Waals surface area contributed by atoms with Crippen LogP contribution in [0.3, 0.4) is 0 Å². The van der Waals surface area contributed by atoms with Gasteiger partial charge in [0, 0.05) is 26.1 Å². The second-order valence-electron chi connectivity index (χ2n) is 4.37. The lowest BCUT2D eigenvalue weighted by Crippen LogP contribution is -2.20. The van der Waals surface area contributed by atoms with Crippen molar-refractivity contribution < 1.29 is 0 Å². The van der Waals surface area contributed by atoms with Gasteiger partial charge in [-0.15, -0.1) is 0 Å². The molecule has 5 heteroatoms. The predicted octanol–water partition coefficient (Wildman–Crippen LogP) is 1.96. The first-order valence-electron chi connectivity index (χ1n) is 6.32. The van der Waals surface area contributed by atoms with Crippen LogP contribution in [0, 0.1) is 0 Å². The molecule has 1 aromatic carbocycles. The largest absolute Gasteiger partial charge is 0.355 e. The van der Waals surface area contributed by atoms with Crippen molar-refractivity contribution in [3.8, 4) is 0 Å². The number of hydrogen-bond donors (Lipinski definition) is 2. The molecule has 5 nitrogen and oxygen atoms in total. The summed E-state index contributed by atoms with van der Waals surface area (Å²) in [6.45, 7) is 2.82. The fourth-order valence-corrected chi connectivity index (χ4v) is 1.85. The number of hydrogen-bond acceptors (Lipinski definition) is 5. The number of nitrogens with one attached hydrogen (secondary N) is 1. The summed E-state index contributed by atoms with van der Waals surface area (Å²) in [4.78, 5) is 10.9. The van der Waals surface area contributed by atoms with Gasteiger partial charge in [0.05, 0.1) is 0 Å². The Balaban J connectivity index is 2.20. The highest BCUT2D eigenvalue weighted by Gasteiger charge is 2.07. The third kappa shape index (κ3) is 3.42. The minimum Gasteiger partial charge on any atom is -0.355 e. The van der Waals surface area contributed by atoms with Crippen molar-refractivity contribution in [2.75, 3.05) is 17.4 Å². The first kappa shape index (κ1) is 13.3. The van der Waals surface area contributed by atoms with Crippen LogP contribution >= 0.6 is 0 Å². The average molecular weight is 257 g/mol. The van der Waals surface area contributed by atoms with Crippen LogP contribution in [0.2, 0.25) is 0 Å². The number of nitrogens with two attached hydrogens (primary N) is 1. The normalized spacial score (nSPS) is 10.3. The molecule has 2 aromatic rings. The Kier molecular flexibility index (Phi) is 4.30. The van der Waals surface area contributed by atoms with E-state index in [0.717, 1.165) is 24.6 Å². The van der Waals surface area contributed by atoms with Gasteiger partial charge >= 0.3 is 0 Å². The fraction of sp³-hybridized carbons (Fsp3) is 0.286. The SMILES string of the molecule is CCc1nc(NN)cc(N(C)Cc2ccccc2)n1. The van der Waals surface area contributed by atoms with Gasteiger partial charge in [-0.05, 0) is 5.56 Å². The fourth-order valence-electron chi connectivity index (χ4n) is 1.85.